The first kappa shape index (κ1) is 8.09. The van der Waals surface area contributed by atoms with Gasteiger partial charge in [-0.1, -0.05) is 25.4 Å². The molecular weight excluding hydrogens is 164 g/mol. The molecule has 0 aliphatic rings. The molecule has 1 heterocycles. The second-order valence-electron chi connectivity index (χ2n) is 2.76. The third kappa shape index (κ3) is 1.53. The maximum absolute atomic E-state index is 5.89. The van der Waals surface area contributed by atoms with Crippen LogP contribution in [0.4, 0.5) is 0 Å². The zero-order chi connectivity index (χ0) is 7.72. The lowest BCUT2D eigenvalue weighted by Crippen LogP contribution is -1.77. The zero-order valence-corrected chi connectivity index (χ0v) is 8.01. The molecule has 0 aromatic carbocycles. The zero-order valence-electron chi connectivity index (χ0n) is 6.44. The van der Waals surface area contributed by atoms with Crippen molar-refractivity contribution in [3.8, 4) is 0 Å². The molecule has 0 unspecified atom stereocenters. The molecule has 0 spiro atoms. The standard InChI is InChI=1S/C8H11ClS/c1-5(2)7-4-6(3)8(9)10-7/h4-5H,1-3H3. The van der Waals surface area contributed by atoms with E-state index >= 15 is 0 Å². The average molecular weight is 175 g/mol. The number of halogens is 1. The van der Waals surface area contributed by atoms with Crippen molar-refractivity contribution in [2.45, 2.75) is 26.7 Å². The maximum atomic E-state index is 5.89. The fraction of sp³-hybridized carbons (Fsp3) is 0.500. The van der Waals surface area contributed by atoms with Crippen molar-refractivity contribution in [1.29, 1.82) is 0 Å². The molecule has 0 bridgehead atoms. The number of thiophene rings is 1. The third-order valence-electron chi connectivity index (χ3n) is 1.45. The Balaban J connectivity index is 2.98. The van der Waals surface area contributed by atoms with Crippen LogP contribution in [0.3, 0.4) is 0 Å². The summed E-state index contributed by atoms with van der Waals surface area (Å²) in [6.45, 7) is 6.41. The van der Waals surface area contributed by atoms with Crippen molar-refractivity contribution in [3.63, 3.8) is 0 Å². The summed E-state index contributed by atoms with van der Waals surface area (Å²) in [4.78, 5) is 1.38. The normalized spacial score (nSPS) is 10.9. The van der Waals surface area contributed by atoms with Gasteiger partial charge in [-0.25, -0.2) is 0 Å². The van der Waals surface area contributed by atoms with Gasteiger partial charge in [0.2, 0.25) is 0 Å². The molecule has 1 aromatic rings. The van der Waals surface area contributed by atoms with Crippen molar-refractivity contribution in [1.82, 2.24) is 0 Å². The Hall–Kier alpha value is -0.0100. The topological polar surface area (TPSA) is 0 Å². The Labute approximate surface area is 70.8 Å². The van der Waals surface area contributed by atoms with Gasteiger partial charge in [-0.3, -0.25) is 0 Å². The van der Waals surface area contributed by atoms with Gasteiger partial charge in [-0.2, -0.15) is 0 Å². The Morgan fingerprint density at radius 1 is 1.50 bits per heavy atom. The first-order valence-electron chi connectivity index (χ1n) is 3.37. The molecule has 0 fully saturated rings. The molecule has 0 saturated heterocycles. The highest BCUT2D eigenvalue weighted by atomic mass is 35.5. The van der Waals surface area contributed by atoms with Crippen molar-refractivity contribution in [2.75, 3.05) is 0 Å². The summed E-state index contributed by atoms with van der Waals surface area (Å²) in [6, 6.07) is 2.16. The highest BCUT2D eigenvalue weighted by molar-refractivity contribution is 7.16. The fourth-order valence-electron chi connectivity index (χ4n) is 0.768. The summed E-state index contributed by atoms with van der Waals surface area (Å²) in [6.07, 6.45) is 0. The van der Waals surface area contributed by atoms with Crippen molar-refractivity contribution >= 4 is 22.9 Å². The van der Waals surface area contributed by atoms with E-state index in [9.17, 15) is 0 Å². The van der Waals surface area contributed by atoms with Gasteiger partial charge in [0.1, 0.15) is 0 Å². The molecule has 2 heteroatoms. The molecule has 0 N–H and O–H groups in total. The van der Waals surface area contributed by atoms with Gasteiger partial charge >= 0.3 is 0 Å². The first-order valence-corrected chi connectivity index (χ1v) is 4.56. The van der Waals surface area contributed by atoms with Crippen LogP contribution >= 0.6 is 22.9 Å². The number of hydrogen-bond donors (Lipinski definition) is 0. The molecule has 0 aliphatic heterocycles. The maximum Gasteiger partial charge on any atom is 0.0960 e. The minimum atomic E-state index is 0.608. The van der Waals surface area contributed by atoms with E-state index in [-0.39, 0.29) is 0 Å². The largest absolute Gasteiger partial charge is 0.128 e. The van der Waals surface area contributed by atoms with Crippen LogP contribution in [0.1, 0.15) is 30.2 Å². The fourth-order valence-corrected chi connectivity index (χ4v) is 1.99. The van der Waals surface area contributed by atoms with Crippen LogP contribution in [0.15, 0.2) is 6.07 Å². The molecule has 1 rings (SSSR count). The molecule has 0 aliphatic carbocycles. The van der Waals surface area contributed by atoms with Gasteiger partial charge in [0, 0.05) is 4.88 Å². The van der Waals surface area contributed by atoms with E-state index in [1.807, 2.05) is 6.92 Å². The van der Waals surface area contributed by atoms with E-state index < -0.39 is 0 Å². The highest BCUT2D eigenvalue weighted by Crippen LogP contribution is 2.31. The summed E-state index contributed by atoms with van der Waals surface area (Å²) in [5, 5.41) is 0. The lowest BCUT2D eigenvalue weighted by Gasteiger charge is -1.96. The second-order valence-corrected chi connectivity index (χ2v) is 4.45. The molecule has 0 amide bonds. The van der Waals surface area contributed by atoms with Crippen molar-refractivity contribution in [3.05, 3.63) is 20.8 Å². The Morgan fingerprint density at radius 2 is 2.10 bits per heavy atom. The van der Waals surface area contributed by atoms with Gasteiger partial charge in [0.25, 0.3) is 0 Å². The summed E-state index contributed by atoms with van der Waals surface area (Å²) in [5.74, 6) is 0.608. The second kappa shape index (κ2) is 2.93. The Bertz CT molecular complexity index is 206. The highest BCUT2D eigenvalue weighted by Gasteiger charge is 2.05. The molecule has 1 aromatic heterocycles. The SMILES string of the molecule is Cc1cc(C(C)C)sc1Cl. The van der Waals surface area contributed by atoms with Crippen molar-refractivity contribution in [2.24, 2.45) is 0 Å². The van der Waals surface area contributed by atoms with E-state index in [1.165, 1.54) is 10.4 Å². The summed E-state index contributed by atoms with van der Waals surface area (Å²) in [7, 11) is 0. The molecule has 0 atom stereocenters. The molecule has 56 valence electrons. The number of aryl methyl sites for hydroxylation is 1. The first-order chi connectivity index (χ1) is 4.61. The molecule has 0 radical (unpaired) electrons. The smallest absolute Gasteiger partial charge is 0.0960 e. The van der Waals surface area contributed by atoms with E-state index in [1.54, 1.807) is 11.3 Å². The van der Waals surface area contributed by atoms with E-state index in [2.05, 4.69) is 19.9 Å². The lowest BCUT2D eigenvalue weighted by atomic mass is 10.2. The molecule has 0 saturated carbocycles. The quantitative estimate of drug-likeness (QED) is 0.607. The van der Waals surface area contributed by atoms with Crippen LogP contribution in [0.5, 0.6) is 0 Å². The molecular formula is C8H11ClS. The lowest BCUT2D eigenvalue weighted by molar-refractivity contribution is 0.889. The third-order valence-corrected chi connectivity index (χ3v) is 3.30. The van der Waals surface area contributed by atoms with E-state index in [0.29, 0.717) is 5.92 Å². The monoisotopic (exact) mass is 174 g/mol. The minimum absolute atomic E-state index is 0.608. The predicted molar refractivity (Wildman–Crippen MR) is 48.2 cm³/mol. The van der Waals surface area contributed by atoms with Crippen LogP contribution in [0, 0.1) is 6.92 Å². The van der Waals surface area contributed by atoms with Gasteiger partial charge in [-0.15, -0.1) is 11.3 Å². The van der Waals surface area contributed by atoms with Crippen LogP contribution in [-0.4, -0.2) is 0 Å². The van der Waals surface area contributed by atoms with Gasteiger partial charge in [-0.05, 0) is 24.5 Å². The minimum Gasteiger partial charge on any atom is -0.128 e. The van der Waals surface area contributed by atoms with Crippen LogP contribution in [0.2, 0.25) is 4.34 Å². The van der Waals surface area contributed by atoms with Gasteiger partial charge in [0.15, 0.2) is 0 Å². The van der Waals surface area contributed by atoms with Gasteiger partial charge in [0.05, 0.1) is 4.34 Å². The molecule has 0 nitrogen and oxygen atoms in total. The average Bonchev–Trinajstić information content (AvgIpc) is 2.13. The van der Waals surface area contributed by atoms with Crippen molar-refractivity contribution < 1.29 is 0 Å². The summed E-state index contributed by atoms with van der Waals surface area (Å²) >= 11 is 7.58. The number of hydrogen-bond acceptors (Lipinski definition) is 1. The predicted octanol–water partition coefficient (Wildman–Crippen LogP) is 3.83. The van der Waals surface area contributed by atoms with E-state index in [4.69, 9.17) is 11.6 Å². The summed E-state index contributed by atoms with van der Waals surface area (Å²) < 4.78 is 0.934. The van der Waals surface area contributed by atoms with Gasteiger partial charge < -0.3 is 0 Å². The van der Waals surface area contributed by atoms with Crippen LogP contribution in [-0.2, 0) is 0 Å². The van der Waals surface area contributed by atoms with Crippen LogP contribution in [0.25, 0.3) is 0 Å². The molecule has 10 heavy (non-hydrogen) atoms. The van der Waals surface area contributed by atoms with E-state index in [0.717, 1.165) is 4.34 Å². The Kier molecular flexibility index (Phi) is 2.37. The van der Waals surface area contributed by atoms with Crippen LogP contribution < -0.4 is 0 Å². The Morgan fingerprint density at radius 3 is 2.30 bits per heavy atom. The number of rotatable bonds is 1. The summed E-state index contributed by atoms with van der Waals surface area (Å²) in [5.41, 5.74) is 1.20.